The number of aromatic nitrogens is 3. The Hall–Kier alpha value is -4.59. The number of Topliss-reactive ketones (excluding diaryl/α,β-unsaturated/α-hetero) is 1. The van der Waals surface area contributed by atoms with Gasteiger partial charge >= 0.3 is 0 Å². The van der Waals surface area contributed by atoms with E-state index in [0.717, 1.165) is 5.69 Å². The van der Waals surface area contributed by atoms with Crippen molar-refractivity contribution in [2.75, 3.05) is 5.32 Å². The van der Waals surface area contributed by atoms with Crippen LogP contribution in [0.5, 0.6) is 0 Å². The average molecular weight is 411 g/mol. The van der Waals surface area contributed by atoms with Gasteiger partial charge in [-0.25, -0.2) is 4.68 Å². The van der Waals surface area contributed by atoms with Crippen molar-refractivity contribution in [3.8, 4) is 5.69 Å². The summed E-state index contributed by atoms with van der Waals surface area (Å²) in [6.07, 6.45) is 3.27. The minimum Gasteiger partial charge on any atom is -0.352 e. The fraction of sp³-hybridized carbons (Fsp3) is 0. The van der Waals surface area contributed by atoms with E-state index < -0.39 is 4.92 Å². The molecular formula is C23H17N5O3. The van der Waals surface area contributed by atoms with E-state index in [9.17, 15) is 14.9 Å². The Morgan fingerprint density at radius 1 is 0.935 bits per heavy atom. The van der Waals surface area contributed by atoms with Crippen molar-refractivity contribution in [1.82, 2.24) is 15.0 Å². The molecule has 0 aliphatic carbocycles. The van der Waals surface area contributed by atoms with Gasteiger partial charge in [0, 0.05) is 23.4 Å². The number of ketones is 1. The summed E-state index contributed by atoms with van der Waals surface area (Å²) in [7, 11) is 0. The van der Waals surface area contributed by atoms with Gasteiger partial charge in [0.2, 0.25) is 5.78 Å². The molecule has 0 atom stereocenters. The van der Waals surface area contributed by atoms with Crippen molar-refractivity contribution in [3.05, 3.63) is 118 Å². The maximum absolute atomic E-state index is 13.1. The highest BCUT2D eigenvalue weighted by atomic mass is 16.6. The van der Waals surface area contributed by atoms with Gasteiger partial charge in [-0.3, -0.25) is 14.9 Å². The molecule has 8 nitrogen and oxygen atoms in total. The molecule has 0 radical (unpaired) electrons. The van der Waals surface area contributed by atoms with Gasteiger partial charge in [0.25, 0.3) is 5.69 Å². The zero-order valence-electron chi connectivity index (χ0n) is 16.3. The molecule has 0 bridgehead atoms. The second-order valence-corrected chi connectivity index (χ2v) is 6.61. The van der Waals surface area contributed by atoms with Crippen LogP contribution in [0.3, 0.4) is 0 Å². The molecule has 4 rings (SSSR count). The molecule has 0 aliphatic heterocycles. The van der Waals surface area contributed by atoms with E-state index in [1.54, 1.807) is 48.7 Å². The Morgan fingerprint density at radius 3 is 2.23 bits per heavy atom. The molecule has 0 amide bonds. The molecule has 0 saturated heterocycles. The maximum Gasteiger partial charge on any atom is 0.269 e. The van der Waals surface area contributed by atoms with E-state index >= 15 is 0 Å². The Kier molecular flexibility index (Phi) is 5.62. The van der Waals surface area contributed by atoms with E-state index in [1.165, 1.54) is 16.8 Å². The molecule has 8 heteroatoms. The van der Waals surface area contributed by atoms with Crippen molar-refractivity contribution in [3.63, 3.8) is 0 Å². The quantitative estimate of drug-likeness (QED) is 0.208. The lowest BCUT2D eigenvalue weighted by atomic mass is 10.1. The summed E-state index contributed by atoms with van der Waals surface area (Å²) in [5.74, 6) is -0.186. The fourth-order valence-electron chi connectivity index (χ4n) is 2.92. The van der Waals surface area contributed by atoms with E-state index in [-0.39, 0.29) is 11.5 Å². The first-order valence-corrected chi connectivity index (χ1v) is 9.41. The molecule has 3 aromatic carbocycles. The van der Waals surface area contributed by atoms with Gasteiger partial charge in [0.05, 0.1) is 22.5 Å². The van der Waals surface area contributed by atoms with Crippen LogP contribution in [0.25, 0.3) is 11.8 Å². The lowest BCUT2D eigenvalue weighted by Crippen LogP contribution is -2.11. The predicted octanol–water partition coefficient (Wildman–Crippen LogP) is 4.51. The summed E-state index contributed by atoms with van der Waals surface area (Å²) < 4.78 is 1.49. The van der Waals surface area contributed by atoms with Crippen molar-refractivity contribution >= 4 is 23.2 Å². The molecule has 4 aromatic rings. The highest BCUT2D eigenvalue weighted by Gasteiger charge is 2.14. The molecule has 0 unspecified atom stereocenters. The first-order valence-electron chi connectivity index (χ1n) is 9.41. The molecule has 31 heavy (non-hydrogen) atoms. The van der Waals surface area contributed by atoms with Crippen LogP contribution in [0, 0.1) is 10.1 Å². The highest BCUT2D eigenvalue weighted by Crippen LogP contribution is 2.18. The molecule has 0 spiro atoms. The number of nitro benzene ring substituents is 1. The monoisotopic (exact) mass is 411 g/mol. The SMILES string of the molecule is O=C(C(=Cc1cn(-c2ccc([N+](=O)[O-])cc2)nn1)Nc1ccccc1)c1ccccc1. The number of allylic oxidation sites excluding steroid dienone is 1. The van der Waals surface area contributed by atoms with Crippen LogP contribution in [-0.4, -0.2) is 25.7 Å². The first-order chi connectivity index (χ1) is 15.1. The molecule has 0 aliphatic rings. The lowest BCUT2D eigenvalue weighted by Gasteiger charge is -2.10. The van der Waals surface area contributed by atoms with Crippen molar-refractivity contribution in [2.24, 2.45) is 0 Å². The van der Waals surface area contributed by atoms with Crippen LogP contribution in [-0.2, 0) is 0 Å². The average Bonchev–Trinajstić information content (AvgIpc) is 3.28. The maximum atomic E-state index is 13.1. The van der Waals surface area contributed by atoms with E-state index in [0.29, 0.717) is 22.6 Å². The normalized spacial score (nSPS) is 11.2. The molecule has 152 valence electrons. The summed E-state index contributed by atoms with van der Waals surface area (Å²) >= 11 is 0. The Balaban J connectivity index is 1.66. The number of rotatable bonds is 7. The number of nitrogens with one attached hydrogen (secondary N) is 1. The van der Waals surface area contributed by atoms with Gasteiger partial charge in [-0.1, -0.05) is 53.7 Å². The first kappa shape index (κ1) is 19.7. The molecule has 1 heterocycles. The van der Waals surface area contributed by atoms with Gasteiger partial charge in [0.1, 0.15) is 5.69 Å². The zero-order valence-corrected chi connectivity index (χ0v) is 16.3. The van der Waals surface area contributed by atoms with Gasteiger partial charge in [0.15, 0.2) is 0 Å². The summed E-state index contributed by atoms with van der Waals surface area (Å²) in [5, 5.41) is 22.2. The third-order valence-corrected chi connectivity index (χ3v) is 4.46. The largest absolute Gasteiger partial charge is 0.352 e. The van der Waals surface area contributed by atoms with Crippen LogP contribution >= 0.6 is 0 Å². The smallest absolute Gasteiger partial charge is 0.269 e. The predicted molar refractivity (Wildman–Crippen MR) is 117 cm³/mol. The van der Waals surface area contributed by atoms with E-state index in [2.05, 4.69) is 15.6 Å². The van der Waals surface area contributed by atoms with Crippen LogP contribution in [0.15, 0.2) is 96.8 Å². The number of nitro groups is 1. The topological polar surface area (TPSA) is 103 Å². The second-order valence-electron chi connectivity index (χ2n) is 6.61. The number of anilines is 1. The van der Waals surface area contributed by atoms with Gasteiger partial charge < -0.3 is 5.32 Å². The number of para-hydroxylation sites is 1. The number of non-ortho nitro benzene ring substituents is 1. The number of carbonyl (C=O) groups is 1. The van der Waals surface area contributed by atoms with E-state index in [1.807, 2.05) is 36.4 Å². The van der Waals surface area contributed by atoms with Crippen LogP contribution < -0.4 is 5.32 Å². The van der Waals surface area contributed by atoms with Gasteiger partial charge in [-0.05, 0) is 30.3 Å². The number of nitrogens with zero attached hydrogens (tertiary/aromatic N) is 4. The van der Waals surface area contributed by atoms with Gasteiger partial charge in [-0.2, -0.15) is 0 Å². The minimum absolute atomic E-state index is 0.00760. The van der Waals surface area contributed by atoms with Crippen LogP contribution in [0.1, 0.15) is 16.1 Å². The van der Waals surface area contributed by atoms with Crippen molar-refractivity contribution in [2.45, 2.75) is 0 Å². The summed E-state index contributed by atoms with van der Waals surface area (Å²) in [4.78, 5) is 23.4. The fourth-order valence-corrected chi connectivity index (χ4v) is 2.92. The lowest BCUT2D eigenvalue weighted by molar-refractivity contribution is -0.384. The van der Waals surface area contributed by atoms with E-state index in [4.69, 9.17) is 0 Å². The Labute approximate surface area is 177 Å². The highest BCUT2D eigenvalue weighted by molar-refractivity contribution is 6.12. The minimum atomic E-state index is -0.462. The van der Waals surface area contributed by atoms with Crippen molar-refractivity contribution < 1.29 is 9.72 Å². The summed E-state index contributed by atoms with van der Waals surface area (Å²) in [6.45, 7) is 0. The number of hydrogen-bond donors (Lipinski definition) is 1. The number of benzene rings is 3. The third kappa shape index (κ3) is 4.70. The molecule has 0 saturated carbocycles. The van der Waals surface area contributed by atoms with Gasteiger partial charge in [-0.15, -0.1) is 5.10 Å². The summed E-state index contributed by atoms with van der Waals surface area (Å²) in [6, 6.07) is 24.3. The zero-order chi connectivity index (χ0) is 21.6. The van der Waals surface area contributed by atoms with Crippen molar-refractivity contribution in [1.29, 1.82) is 0 Å². The molecular weight excluding hydrogens is 394 g/mol. The van der Waals surface area contributed by atoms with Crippen LogP contribution in [0.4, 0.5) is 11.4 Å². The number of hydrogen-bond acceptors (Lipinski definition) is 6. The number of carbonyl (C=O) groups excluding carboxylic acids is 1. The third-order valence-electron chi connectivity index (χ3n) is 4.46. The summed E-state index contributed by atoms with van der Waals surface area (Å²) in [5.41, 5.74) is 2.71. The Morgan fingerprint density at radius 2 is 1.58 bits per heavy atom. The Bertz CT molecular complexity index is 1230. The molecule has 0 fully saturated rings. The molecule has 1 N–H and O–H groups in total. The standard InChI is InChI=1S/C23H17N5O3/c29-23(17-7-3-1-4-8-17)22(24-18-9-5-2-6-10-18)15-19-16-27(26-25-19)20-11-13-21(14-12-20)28(30)31/h1-16,24H. The molecule has 1 aromatic heterocycles. The second kappa shape index (κ2) is 8.83. The van der Waals surface area contributed by atoms with Crippen LogP contribution in [0.2, 0.25) is 0 Å².